The Bertz CT molecular complexity index is 681. The van der Waals surface area contributed by atoms with E-state index in [0.717, 1.165) is 35.8 Å². The molecule has 1 aliphatic heterocycles. The molecule has 2 nitrogen and oxygen atoms in total. The second-order valence-corrected chi connectivity index (χ2v) is 6.19. The second-order valence-electron chi connectivity index (χ2n) is 5.75. The third-order valence-corrected chi connectivity index (χ3v) is 4.53. The maximum absolute atomic E-state index is 6.44. The Kier molecular flexibility index (Phi) is 3.92. The minimum atomic E-state index is -0.0448. The summed E-state index contributed by atoms with van der Waals surface area (Å²) >= 11 is 6.22. The summed E-state index contributed by atoms with van der Waals surface area (Å²) in [5.41, 5.74) is 12.5. The van der Waals surface area contributed by atoms with Crippen LogP contribution in [0.1, 0.15) is 33.9 Å². The van der Waals surface area contributed by atoms with Crippen molar-refractivity contribution in [2.45, 2.75) is 32.7 Å². The summed E-state index contributed by atoms with van der Waals surface area (Å²) in [7, 11) is 0. The summed E-state index contributed by atoms with van der Waals surface area (Å²) in [4.78, 5) is 0. The number of ether oxygens (including phenoxy) is 1. The van der Waals surface area contributed by atoms with Crippen LogP contribution in [0, 0.1) is 13.8 Å². The molecule has 1 unspecified atom stereocenters. The molecule has 0 spiro atoms. The van der Waals surface area contributed by atoms with Gasteiger partial charge in [-0.25, -0.2) is 0 Å². The fraction of sp³-hybridized carbons (Fsp3) is 0.333. The van der Waals surface area contributed by atoms with Gasteiger partial charge in [0.05, 0.1) is 6.61 Å². The van der Waals surface area contributed by atoms with E-state index < -0.39 is 0 Å². The highest BCUT2D eigenvalue weighted by atomic mass is 35.5. The van der Waals surface area contributed by atoms with Crippen molar-refractivity contribution in [3.8, 4) is 5.75 Å². The number of hydrogen-bond acceptors (Lipinski definition) is 2. The third kappa shape index (κ3) is 2.78. The summed E-state index contributed by atoms with van der Waals surface area (Å²) in [6, 6.07) is 10.2. The summed E-state index contributed by atoms with van der Waals surface area (Å²) < 4.78 is 5.76. The van der Waals surface area contributed by atoms with Crippen LogP contribution in [0.3, 0.4) is 0 Å². The number of fused-ring (bicyclic) bond motifs is 1. The van der Waals surface area contributed by atoms with Gasteiger partial charge in [0, 0.05) is 17.5 Å². The van der Waals surface area contributed by atoms with Crippen LogP contribution in [0.4, 0.5) is 0 Å². The Morgan fingerprint density at radius 2 is 2.10 bits per heavy atom. The largest absolute Gasteiger partial charge is 0.493 e. The lowest BCUT2D eigenvalue weighted by Crippen LogP contribution is -2.15. The molecule has 1 atom stereocenters. The van der Waals surface area contributed by atoms with Crippen LogP contribution in [0.2, 0.25) is 5.02 Å². The number of aryl methyl sites for hydroxylation is 1. The molecular weight excluding hydrogens is 282 g/mol. The van der Waals surface area contributed by atoms with Gasteiger partial charge in [-0.3, -0.25) is 0 Å². The van der Waals surface area contributed by atoms with Gasteiger partial charge in [0.15, 0.2) is 0 Å². The minimum Gasteiger partial charge on any atom is -0.493 e. The molecule has 110 valence electrons. The van der Waals surface area contributed by atoms with Gasteiger partial charge in [0.2, 0.25) is 0 Å². The smallest absolute Gasteiger partial charge is 0.125 e. The molecule has 0 aliphatic carbocycles. The van der Waals surface area contributed by atoms with E-state index in [4.69, 9.17) is 22.1 Å². The molecule has 0 bridgehead atoms. The minimum absolute atomic E-state index is 0.0448. The van der Waals surface area contributed by atoms with Gasteiger partial charge in [-0.1, -0.05) is 29.8 Å². The van der Waals surface area contributed by atoms with Crippen LogP contribution in [-0.4, -0.2) is 6.61 Å². The highest BCUT2D eigenvalue weighted by Gasteiger charge is 2.20. The number of nitrogens with two attached hydrogens (primary N) is 1. The average molecular weight is 302 g/mol. The van der Waals surface area contributed by atoms with Gasteiger partial charge in [-0.2, -0.15) is 0 Å². The Labute approximate surface area is 130 Å². The first-order valence-corrected chi connectivity index (χ1v) is 7.70. The van der Waals surface area contributed by atoms with E-state index in [9.17, 15) is 0 Å². The maximum atomic E-state index is 6.44. The molecule has 3 rings (SSSR count). The molecule has 0 aromatic heterocycles. The first-order valence-electron chi connectivity index (χ1n) is 7.32. The van der Waals surface area contributed by atoms with Crippen LogP contribution >= 0.6 is 11.6 Å². The van der Waals surface area contributed by atoms with Gasteiger partial charge >= 0.3 is 0 Å². The van der Waals surface area contributed by atoms with E-state index in [1.165, 1.54) is 22.3 Å². The molecule has 2 aromatic rings. The quantitative estimate of drug-likeness (QED) is 0.925. The van der Waals surface area contributed by atoms with Crippen molar-refractivity contribution in [2.75, 3.05) is 6.61 Å². The molecule has 2 N–H and O–H groups in total. The lowest BCUT2D eigenvalue weighted by molar-refractivity contribution is 0.352. The molecule has 21 heavy (non-hydrogen) atoms. The topological polar surface area (TPSA) is 35.2 Å². The first kappa shape index (κ1) is 14.4. The fourth-order valence-electron chi connectivity index (χ4n) is 3.02. The van der Waals surface area contributed by atoms with Gasteiger partial charge in [0.1, 0.15) is 5.75 Å². The predicted molar refractivity (Wildman–Crippen MR) is 87.2 cm³/mol. The van der Waals surface area contributed by atoms with E-state index in [1.54, 1.807) is 0 Å². The summed E-state index contributed by atoms with van der Waals surface area (Å²) in [6.07, 6.45) is 1.68. The summed E-state index contributed by atoms with van der Waals surface area (Å²) in [5, 5.41) is 0.766. The number of hydrogen-bond donors (Lipinski definition) is 1. The molecule has 1 heterocycles. The molecule has 0 saturated carbocycles. The van der Waals surface area contributed by atoms with E-state index in [0.29, 0.717) is 0 Å². The zero-order chi connectivity index (χ0) is 15.0. The van der Waals surface area contributed by atoms with Crippen LogP contribution in [-0.2, 0) is 12.8 Å². The van der Waals surface area contributed by atoms with Crippen molar-refractivity contribution in [1.29, 1.82) is 0 Å². The molecule has 0 radical (unpaired) electrons. The van der Waals surface area contributed by atoms with Crippen LogP contribution in [0.25, 0.3) is 0 Å². The molecule has 0 fully saturated rings. The molecular formula is C18H20ClNO. The predicted octanol–water partition coefficient (Wildman–Crippen LogP) is 4.13. The van der Waals surface area contributed by atoms with Gasteiger partial charge in [0.25, 0.3) is 0 Å². The van der Waals surface area contributed by atoms with Crippen LogP contribution in [0.5, 0.6) is 5.75 Å². The number of rotatable bonds is 3. The van der Waals surface area contributed by atoms with Crippen molar-refractivity contribution in [2.24, 2.45) is 5.73 Å². The van der Waals surface area contributed by atoms with Crippen molar-refractivity contribution in [1.82, 2.24) is 0 Å². The zero-order valence-corrected chi connectivity index (χ0v) is 13.2. The van der Waals surface area contributed by atoms with Gasteiger partial charge in [-0.05, 0) is 60.2 Å². The maximum Gasteiger partial charge on any atom is 0.125 e. The average Bonchev–Trinajstić information content (AvgIpc) is 2.90. The van der Waals surface area contributed by atoms with Crippen molar-refractivity contribution < 1.29 is 4.74 Å². The second kappa shape index (κ2) is 5.70. The van der Waals surface area contributed by atoms with Gasteiger partial charge in [-0.15, -0.1) is 0 Å². The van der Waals surface area contributed by atoms with E-state index in [-0.39, 0.29) is 6.04 Å². The summed E-state index contributed by atoms with van der Waals surface area (Å²) in [6.45, 7) is 4.98. The SMILES string of the molecule is Cc1cccc(C(N)Cc2cc(Cl)cc3c2OCC3)c1C. The molecule has 2 aromatic carbocycles. The zero-order valence-electron chi connectivity index (χ0n) is 12.4. The van der Waals surface area contributed by atoms with E-state index in [2.05, 4.69) is 32.0 Å². The highest BCUT2D eigenvalue weighted by Crippen LogP contribution is 2.35. The molecule has 0 saturated heterocycles. The highest BCUT2D eigenvalue weighted by molar-refractivity contribution is 6.30. The fourth-order valence-corrected chi connectivity index (χ4v) is 3.28. The lowest BCUT2D eigenvalue weighted by atomic mass is 9.93. The Morgan fingerprint density at radius 3 is 2.90 bits per heavy atom. The van der Waals surface area contributed by atoms with Gasteiger partial charge < -0.3 is 10.5 Å². The Hall–Kier alpha value is -1.51. The van der Waals surface area contributed by atoms with Crippen molar-refractivity contribution in [3.05, 3.63) is 63.2 Å². The molecule has 1 aliphatic rings. The lowest BCUT2D eigenvalue weighted by Gasteiger charge is -2.18. The molecule has 3 heteroatoms. The van der Waals surface area contributed by atoms with Crippen LogP contribution < -0.4 is 10.5 Å². The monoisotopic (exact) mass is 301 g/mol. The third-order valence-electron chi connectivity index (χ3n) is 4.31. The number of benzene rings is 2. The van der Waals surface area contributed by atoms with Crippen molar-refractivity contribution >= 4 is 11.6 Å². The Morgan fingerprint density at radius 1 is 1.29 bits per heavy atom. The summed E-state index contributed by atoms with van der Waals surface area (Å²) in [5.74, 6) is 0.986. The standard InChI is InChI=1S/C18H20ClNO/c1-11-4-3-5-16(12(11)2)17(20)10-14-9-15(19)8-13-6-7-21-18(13)14/h3-5,8-9,17H,6-7,10,20H2,1-2H3. The Balaban J connectivity index is 1.92. The van der Waals surface area contributed by atoms with E-state index in [1.807, 2.05) is 12.1 Å². The number of halogens is 1. The molecule has 0 amide bonds. The normalized spacial score (nSPS) is 14.7. The van der Waals surface area contributed by atoms with Crippen molar-refractivity contribution in [3.63, 3.8) is 0 Å². The van der Waals surface area contributed by atoms with E-state index >= 15 is 0 Å². The first-order chi connectivity index (χ1) is 10.1. The van der Waals surface area contributed by atoms with Crippen LogP contribution in [0.15, 0.2) is 30.3 Å².